The standard InChI is InChI=1S/C55H77N5O6S/c1-10-12-14-16-18-20-25-59(5,6)27-22-56-35(4)40-34(3)30-37-42-46-43(41-36(32-61)31-39(63)44-45(41)47(42)48(40)54(66-9)53(44)65)38(33-62)55-51(58-24-29-67-55)49(46)52(64)50(37)57-23-28-60(7,8)26-21-19-17-15-13-11-2/h30-31,40,61-62H,10-29,32-33H2,1-9H3,(H-2,57,58,63,64,65)/p+2. The number of aromatic hydroxyl groups is 1. The number of ether oxygens (including phenoxy) is 1. The minimum atomic E-state index is -0.487. The van der Waals surface area contributed by atoms with E-state index >= 15 is 4.79 Å². The Hall–Kier alpha value is -4.20. The Balaban J connectivity index is 1.47. The molecule has 5 aromatic carbocycles. The van der Waals surface area contributed by atoms with E-state index in [4.69, 9.17) is 9.73 Å². The quantitative estimate of drug-likeness (QED) is 0.0127. The summed E-state index contributed by atoms with van der Waals surface area (Å²) < 4.78 is 7.89. The van der Waals surface area contributed by atoms with Crippen LogP contribution in [0.15, 0.2) is 31.1 Å². The summed E-state index contributed by atoms with van der Waals surface area (Å²) in [5.41, 5.74) is 4.77. The number of phenolic OH excluding ortho intramolecular Hbond substituents is 1. The average molecular weight is 938 g/mol. The van der Waals surface area contributed by atoms with Crippen molar-refractivity contribution in [2.45, 2.75) is 129 Å². The summed E-state index contributed by atoms with van der Waals surface area (Å²) in [6, 6.07) is 1.39. The van der Waals surface area contributed by atoms with Gasteiger partial charge in [0.1, 0.15) is 0 Å². The molecule has 0 radical (unpaired) electrons. The highest BCUT2D eigenvalue weighted by atomic mass is 32.2. The van der Waals surface area contributed by atoms with Gasteiger partial charge in [0.15, 0.2) is 16.9 Å². The number of unbranched alkanes of at least 4 members (excludes halogenated alkanes) is 10. The highest BCUT2D eigenvalue weighted by Crippen LogP contribution is 2.57. The number of methoxy groups -OCH3 is 1. The number of allylic oxidation sites excluding steroid dienone is 1. The van der Waals surface area contributed by atoms with Gasteiger partial charge in [-0.2, -0.15) is 0 Å². The molecule has 364 valence electrons. The van der Waals surface area contributed by atoms with Gasteiger partial charge in [-0.25, -0.2) is 0 Å². The lowest BCUT2D eigenvalue weighted by molar-refractivity contribution is -0.889. The number of thioether (sulfide) groups is 1. The maximum Gasteiger partial charge on any atom is 0.212 e. The van der Waals surface area contributed by atoms with Crippen LogP contribution in [0.3, 0.4) is 0 Å². The van der Waals surface area contributed by atoms with Gasteiger partial charge in [-0.1, -0.05) is 76.9 Å². The van der Waals surface area contributed by atoms with Crippen LogP contribution in [0, 0.1) is 0 Å². The molecular formula is C55H79N5O6S+2. The smallest absolute Gasteiger partial charge is 0.212 e. The van der Waals surface area contributed by atoms with Gasteiger partial charge in [-0.15, -0.1) is 11.8 Å². The Bertz CT molecular complexity index is 2770. The zero-order chi connectivity index (χ0) is 48.2. The Labute approximate surface area is 402 Å². The fourth-order valence-corrected chi connectivity index (χ4v) is 12.3. The van der Waals surface area contributed by atoms with Crippen molar-refractivity contribution in [3.8, 4) is 11.5 Å². The average Bonchev–Trinajstić information content (AvgIpc) is 3.42. The molecule has 67 heavy (non-hydrogen) atoms. The third-order valence-corrected chi connectivity index (χ3v) is 16.1. The number of hydrogen-bond acceptors (Lipinski definition) is 10. The number of rotatable bonds is 25. The highest BCUT2D eigenvalue weighted by molar-refractivity contribution is 7.99. The molecule has 1 unspecified atom stereocenters. The number of fused-ring (bicyclic) bond motifs is 3. The first-order chi connectivity index (χ1) is 32.2. The Morgan fingerprint density at radius 2 is 1.43 bits per heavy atom. The zero-order valence-electron chi connectivity index (χ0n) is 42.1. The van der Waals surface area contributed by atoms with Crippen LogP contribution in [0.25, 0.3) is 49.2 Å². The number of aliphatic hydroxyl groups excluding tert-OH is 2. The Kier molecular flexibility index (Phi) is 16.3. The molecule has 5 N–H and O–H groups in total. The number of aliphatic imine (C=N–C) groups is 1. The molecular weight excluding hydrogens is 859 g/mol. The minimum Gasteiger partial charge on any atom is -0.504 e. The van der Waals surface area contributed by atoms with Gasteiger partial charge in [0.2, 0.25) is 5.43 Å². The van der Waals surface area contributed by atoms with E-state index in [9.17, 15) is 20.1 Å². The maximum absolute atomic E-state index is 15.7. The number of aliphatic hydroxyl groups is 2. The van der Waals surface area contributed by atoms with E-state index in [-0.39, 0.29) is 28.9 Å². The second-order valence-corrected chi connectivity index (χ2v) is 21.9. The van der Waals surface area contributed by atoms with Crippen LogP contribution in [0.4, 0.5) is 11.4 Å². The minimum absolute atomic E-state index is 0.0935. The summed E-state index contributed by atoms with van der Waals surface area (Å²) >= 11 is 1.60. The first kappa shape index (κ1) is 50.7. The lowest BCUT2D eigenvalue weighted by Crippen LogP contribution is -2.44. The predicted octanol–water partition coefficient (Wildman–Crippen LogP) is 10.4. The molecule has 11 nitrogen and oxygen atoms in total. The van der Waals surface area contributed by atoms with Crippen LogP contribution in [-0.2, 0) is 13.2 Å². The molecule has 0 amide bonds. The van der Waals surface area contributed by atoms with Crippen molar-refractivity contribution in [3.05, 3.63) is 54.3 Å². The van der Waals surface area contributed by atoms with Crippen molar-refractivity contribution >= 4 is 78.0 Å². The van der Waals surface area contributed by atoms with Gasteiger partial charge in [-0.3, -0.25) is 14.6 Å². The molecule has 0 fully saturated rings. The van der Waals surface area contributed by atoms with E-state index in [1.165, 1.54) is 83.8 Å². The molecule has 5 aromatic rings. The Morgan fingerprint density at radius 1 is 0.806 bits per heavy atom. The SMILES string of the molecule is CCCCCCCC[N+](C)(C)CCN=C(C)C1C(C)=Cc2c(NCC[N+](C)(C)CCCCCCCC)c(=O)c3c4c(c(CO)c5c6c(CO)cc(=O)c7c(O)c(OC)c1c(c2c35)c76)SCCN4. The lowest BCUT2D eigenvalue weighted by Gasteiger charge is -2.31. The van der Waals surface area contributed by atoms with E-state index in [1.54, 1.807) is 11.8 Å². The maximum atomic E-state index is 15.7. The fraction of sp³-hybridized carbons (Fsp3) is 0.582. The molecule has 0 saturated heterocycles. The van der Waals surface area contributed by atoms with E-state index in [2.05, 4.69) is 65.7 Å². The molecule has 12 heteroatoms. The zero-order valence-corrected chi connectivity index (χ0v) is 42.9. The first-order valence-electron chi connectivity index (χ1n) is 25.3. The van der Waals surface area contributed by atoms with Crippen LogP contribution in [0.5, 0.6) is 11.5 Å². The molecule has 0 saturated carbocycles. The molecule has 2 aliphatic rings. The molecule has 7 rings (SSSR count). The lowest BCUT2D eigenvalue weighted by atomic mass is 9.79. The summed E-state index contributed by atoms with van der Waals surface area (Å²) in [6.07, 6.45) is 17.1. The van der Waals surface area contributed by atoms with Crippen molar-refractivity contribution < 1.29 is 29.0 Å². The summed E-state index contributed by atoms with van der Waals surface area (Å²) in [5, 5.41) is 46.6. The molecule has 1 heterocycles. The van der Waals surface area contributed by atoms with Crippen molar-refractivity contribution in [2.75, 3.05) is 97.5 Å². The molecule has 0 aromatic heterocycles. The number of nitrogens with one attached hydrogen (secondary N) is 2. The van der Waals surface area contributed by atoms with E-state index in [1.807, 2.05) is 6.92 Å². The number of anilines is 2. The molecule has 1 aliphatic heterocycles. The van der Waals surface area contributed by atoms with Crippen LogP contribution in [0.2, 0.25) is 0 Å². The van der Waals surface area contributed by atoms with E-state index in [0.717, 1.165) is 68.9 Å². The summed E-state index contributed by atoms with van der Waals surface area (Å²) in [6.45, 7) is 13.4. The molecule has 1 atom stereocenters. The molecule has 0 bridgehead atoms. The molecule has 0 spiro atoms. The summed E-state index contributed by atoms with van der Waals surface area (Å²) in [4.78, 5) is 36.1. The van der Waals surface area contributed by atoms with Crippen molar-refractivity contribution in [3.63, 3.8) is 0 Å². The van der Waals surface area contributed by atoms with E-state index < -0.39 is 18.0 Å². The second-order valence-electron chi connectivity index (χ2n) is 20.8. The van der Waals surface area contributed by atoms with Gasteiger partial charge in [0.25, 0.3) is 0 Å². The number of quaternary nitrogens is 2. The Morgan fingerprint density at radius 3 is 2.06 bits per heavy atom. The predicted molar refractivity (Wildman–Crippen MR) is 284 cm³/mol. The number of hydrogen-bond donors (Lipinski definition) is 5. The highest BCUT2D eigenvalue weighted by Gasteiger charge is 2.37. The third kappa shape index (κ3) is 9.98. The monoisotopic (exact) mass is 938 g/mol. The second kappa shape index (κ2) is 21.6. The molecule has 1 aliphatic carbocycles. The van der Waals surface area contributed by atoms with Crippen molar-refractivity contribution in [1.82, 2.24) is 0 Å². The van der Waals surface area contributed by atoms with Crippen LogP contribution in [-0.4, -0.2) is 117 Å². The third-order valence-electron chi connectivity index (χ3n) is 14.9. The van der Waals surface area contributed by atoms with Crippen LogP contribution in [0.1, 0.15) is 133 Å². The van der Waals surface area contributed by atoms with Gasteiger partial charge < -0.3 is 39.7 Å². The number of benzene rings is 5. The van der Waals surface area contributed by atoms with Gasteiger partial charge in [0.05, 0.1) is 110 Å². The van der Waals surface area contributed by atoms with E-state index in [0.29, 0.717) is 85.6 Å². The fourth-order valence-electron chi connectivity index (χ4n) is 11.3. The largest absolute Gasteiger partial charge is 0.504 e. The van der Waals surface area contributed by atoms with Gasteiger partial charge in [0, 0.05) is 61.7 Å². The number of nitrogens with zero attached hydrogens (tertiary/aromatic N) is 3. The normalized spacial score (nSPS) is 15.5. The van der Waals surface area contributed by atoms with Gasteiger partial charge in [-0.05, 0) is 67.3 Å². The summed E-state index contributed by atoms with van der Waals surface area (Å²) in [7, 11) is 10.6. The number of phenols is 1. The van der Waals surface area contributed by atoms with Crippen molar-refractivity contribution in [1.29, 1.82) is 0 Å². The van der Waals surface area contributed by atoms with Gasteiger partial charge >= 0.3 is 0 Å². The summed E-state index contributed by atoms with van der Waals surface area (Å²) in [5.74, 6) is 0.181. The topological polar surface area (TPSA) is 140 Å². The van der Waals surface area contributed by atoms with Crippen LogP contribution < -0.4 is 26.2 Å². The number of likely N-dealkylation sites (N-methyl/N-ethyl adjacent to an activating group) is 2. The van der Waals surface area contributed by atoms with Crippen molar-refractivity contribution in [2.24, 2.45) is 4.99 Å². The first-order valence-corrected chi connectivity index (χ1v) is 26.3. The van der Waals surface area contributed by atoms with Crippen LogP contribution >= 0.6 is 11.8 Å².